The molecule has 2 aliphatic rings. The zero-order valence-electron chi connectivity index (χ0n) is 25.6. The van der Waals surface area contributed by atoms with E-state index in [4.69, 9.17) is 11.6 Å². The number of rotatable bonds is 8. The number of carbonyl (C=O) groups is 3. The largest absolute Gasteiger partial charge is 0.325 e. The molecule has 0 saturated carbocycles. The molecule has 4 aromatic rings. The number of Topliss-reactive ketones (excluding diaryl/α,β-unsaturated/α-hetero) is 2. The maximum atomic E-state index is 15.2. The normalized spacial score (nSPS) is 17.3. The van der Waals surface area contributed by atoms with E-state index in [9.17, 15) is 14.4 Å². The van der Waals surface area contributed by atoms with E-state index in [1.165, 1.54) is 47.9 Å². The number of aromatic nitrogens is 5. The van der Waals surface area contributed by atoms with Gasteiger partial charge in [0.25, 0.3) is 0 Å². The van der Waals surface area contributed by atoms with Gasteiger partial charge in [0.1, 0.15) is 12.4 Å². The molecule has 10 nitrogen and oxygen atoms in total. The fraction of sp³-hybridized carbons (Fsp3) is 0.324. The van der Waals surface area contributed by atoms with Crippen LogP contribution in [0.1, 0.15) is 70.0 Å². The number of hydrogen-bond donors (Lipinski definition) is 0. The van der Waals surface area contributed by atoms with E-state index in [-0.39, 0.29) is 28.6 Å². The third-order valence-electron chi connectivity index (χ3n) is 8.89. The fourth-order valence-electron chi connectivity index (χ4n) is 6.43. The van der Waals surface area contributed by atoms with Crippen molar-refractivity contribution in [2.24, 2.45) is 0 Å². The van der Waals surface area contributed by atoms with E-state index in [0.717, 1.165) is 37.1 Å². The van der Waals surface area contributed by atoms with Gasteiger partial charge in [-0.25, -0.2) is 4.39 Å². The molecule has 0 unspecified atom stereocenters. The molecule has 1 atom stereocenters. The second-order valence-corrected chi connectivity index (χ2v) is 12.2. The molecule has 1 fully saturated rings. The SMILES string of the molecule is CC(=O)c1ccc(CC(=O)[C@H]2c3cccc(C4CCN(C)CC4)c3CCN2C(=O)/C=C/c2c(-n3cnnn3)ccc(Cl)c2F)nc1. The molecule has 0 spiro atoms. The summed E-state index contributed by atoms with van der Waals surface area (Å²) in [6, 6.07) is 11.4. The van der Waals surface area contributed by atoms with Crippen molar-refractivity contribution < 1.29 is 18.8 Å². The summed E-state index contributed by atoms with van der Waals surface area (Å²) < 4.78 is 16.5. The molecular weight excluding hydrogens is 609 g/mol. The summed E-state index contributed by atoms with van der Waals surface area (Å²) in [6.45, 7) is 3.77. The van der Waals surface area contributed by atoms with Crippen LogP contribution in [0.15, 0.2) is 61.1 Å². The highest BCUT2D eigenvalue weighted by molar-refractivity contribution is 6.31. The molecule has 0 radical (unpaired) electrons. The molecule has 0 aliphatic carbocycles. The highest BCUT2D eigenvalue weighted by atomic mass is 35.5. The van der Waals surface area contributed by atoms with Gasteiger partial charge in [-0.1, -0.05) is 29.8 Å². The number of halogens is 2. The lowest BCUT2D eigenvalue weighted by molar-refractivity contribution is -0.136. The minimum Gasteiger partial charge on any atom is -0.325 e. The average molecular weight is 642 g/mol. The number of carbonyl (C=O) groups excluding carboxylic acids is 3. The van der Waals surface area contributed by atoms with Crippen LogP contribution in [0.25, 0.3) is 11.8 Å². The summed E-state index contributed by atoms with van der Waals surface area (Å²) in [7, 11) is 2.13. The van der Waals surface area contributed by atoms with Crippen molar-refractivity contribution in [1.29, 1.82) is 0 Å². The molecule has 2 aliphatic heterocycles. The molecule has 12 heteroatoms. The summed E-state index contributed by atoms with van der Waals surface area (Å²) in [6.07, 6.45) is 8.00. The molecule has 2 aromatic heterocycles. The zero-order chi connectivity index (χ0) is 32.4. The Kier molecular flexibility index (Phi) is 9.14. The van der Waals surface area contributed by atoms with Gasteiger partial charge >= 0.3 is 0 Å². The lowest BCUT2D eigenvalue weighted by Gasteiger charge is -2.38. The van der Waals surface area contributed by atoms with Gasteiger partial charge in [0, 0.05) is 35.6 Å². The minimum atomic E-state index is -0.871. The smallest absolute Gasteiger partial charge is 0.247 e. The van der Waals surface area contributed by atoms with Crippen LogP contribution < -0.4 is 0 Å². The van der Waals surface area contributed by atoms with Gasteiger partial charge in [0.15, 0.2) is 17.4 Å². The van der Waals surface area contributed by atoms with Crippen LogP contribution in [-0.4, -0.2) is 79.1 Å². The molecule has 1 amide bonds. The van der Waals surface area contributed by atoms with Gasteiger partial charge in [-0.15, -0.1) is 5.10 Å². The van der Waals surface area contributed by atoms with Gasteiger partial charge in [-0.05, 0) is 110 Å². The van der Waals surface area contributed by atoms with Crippen molar-refractivity contribution in [3.8, 4) is 5.69 Å². The van der Waals surface area contributed by atoms with Gasteiger partial charge in [0.05, 0.1) is 17.1 Å². The van der Waals surface area contributed by atoms with E-state index < -0.39 is 17.8 Å². The average Bonchev–Trinajstić information content (AvgIpc) is 3.60. The Morgan fingerprint density at radius 2 is 1.83 bits per heavy atom. The Bertz CT molecular complexity index is 1800. The number of amides is 1. The van der Waals surface area contributed by atoms with Crippen LogP contribution >= 0.6 is 11.6 Å². The molecular formula is C34H33ClFN7O3. The van der Waals surface area contributed by atoms with Crippen molar-refractivity contribution in [3.05, 3.63) is 105 Å². The number of fused-ring (bicyclic) bond motifs is 1. The second-order valence-electron chi connectivity index (χ2n) is 11.8. The fourth-order valence-corrected chi connectivity index (χ4v) is 6.60. The van der Waals surface area contributed by atoms with Crippen LogP contribution in [0.5, 0.6) is 0 Å². The number of tetrazole rings is 1. The van der Waals surface area contributed by atoms with Crippen molar-refractivity contribution in [3.63, 3.8) is 0 Å². The summed E-state index contributed by atoms with van der Waals surface area (Å²) in [5, 5.41) is 11.0. The van der Waals surface area contributed by atoms with Crippen LogP contribution in [-0.2, 0) is 22.4 Å². The topological polar surface area (TPSA) is 114 Å². The van der Waals surface area contributed by atoms with Crippen LogP contribution in [0.4, 0.5) is 4.39 Å². The van der Waals surface area contributed by atoms with Crippen LogP contribution in [0.2, 0.25) is 5.02 Å². The van der Waals surface area contributed by atoms with Crippen LogP contribution in [0, 0.1) is 5.82 Å². The van der Waals surface area contributed by atoms with Crippen molar-refractivity contribution in [2.45, 2.75) is 44.6 Å². The predicted molar refractivity (Wildman–Crippen MR) is 170 cm³/mol. The van der Waals surface area contributed by atoms with E-state index in [1.54, 1.807) is 23.1 Å². The molecule has 4 heterocycles. The molecule has 6 rings (SSSR count). The summed E-state index contributed by atoms with van der Waals surface area (Å²) in [5.41, 5.74) is 4.45. The van der Waals surface area contributed by atoms with Crippen molar-refractivity contribution >= 4 is 35.2 Å². The minimum absolute atomic E-state index is 0.0272. The number of piperidine rings is 1. The summed E-state index contributed by atoms with van der Waals surface area (Å²) >= 11 is 6.09. The molecule has 236 valence electrons. The van der Waals surface area contributed by atoms with Gasteiger partial charge in [-0.2, -0.15) is 4.68 Å². The van der Waals surface area contributed by atoms with Crippen molar-refractivity contribution in [1.82, 2.24) is 35.0 Å². The molecule has 2 aromatic carbocycles. The number of likely N-dealkylation sites (tertiary alicyclic amines) is 1. The molecule has 46 heavy (non-hydrogen) atoms. The Morgan fingerprint density at radius 1 is 1.04 bits per heavy atom. The van der Waals surface area contributed by atoms with Crippen LogP contribution in [0.3, 0.4) is 0 Å². The highest BCUT2D eigenvalue weighted by Crippen LogP contribution is 2.39. The Hall–Kier alpha value is -4.61. The van der Waals surface area contributed by atoms with E-state index in [0.29, 0.717) is 35.8 Å². The maximum Gasteiger partial charge on any atom is 0.247 e. The number of benzene rings is 2. The van der Waals surface area contributed by atoms with Gasteiger partial charge < -0.3 is 9.80 Å². The van der Waals surface area contributed by atoms with E-state index in [1.807, 2.05) is 12.1 Å². The Labute approximate surface area is 270 Å². The first kappa shape index (κ1) is 31.4. The molecule has 1 saturated heterocycles. The monoisotopic (exact) mass is 641 g/mol. The Morgan fingerprint density at radius 3 is 2.52 bits per heavy atom. The number of hydrogen-bond acceptors (Lipinski definition) is 8. The lowest BCUT2D eigenvalue weighted by Crippen LogP contribution is -2.44. The number of pyridine rings is 1. The van der Waals surface area contributed by atoms with Gasteiger partial charge in [-0.3, -0.25) is 19.4 Å². The molecule has 0 N–H and O–H groups in total. The second kappa shape index (κ2) is 13.4. The van der Waals surface area contributed by atoms with Crippen molar-refractivity contribution in [2.75, 3.05) is 26.7 Å². The first-order chi connectivity index (χ1) is 22.2. The standard InChI is InChI=1S/C34H33ClFN7O3/c1-21(44)23-6-7-24(37-19-23)18-31(45)34-27-5-3-4-25(22-12-15-41(2)16-13-22)26(27)14-17-42(34)32(46)11-8-28-30(43-20-38-39-40-43)10-9-29(35)33(28)36/h3-11,19-20,22,34H,12-18H2,1-2H3/b11-8+/t34-/m1/s1. The lowest BCUT2D eigenvalue weighted by atomic mass is 9.79. The zero-order valence-corrected chi connectivity index (χ0v) is 26.3. The Balaban J connectivity index is 1.35. The van der Waals surface area contributed by atoms with E-state index >= 15 is 4.39 Å². The summed E-state index contributed by atoms with van der Waals surface area (Å²) in [5.74, 6) is -1.11. The third kappa shape index (κ3) is 6.38. The third-order valence-corrected chi connectivity index (χ3v) is 9.18. The summed E-state index contributed by atoms with van der Waals surface area (Å²) in [4.78, 5) is 48.0. The number of ketones is 2. The van der Waals surface area contributed by atoms with Gasteiger partial charge in [0.2, 0.25) is 5.91 Å². The maximum absolute atomic E-state index is 15.2. The van der Waals surface area contributed by atoms with E-state index in [2.05, 4.69) is 38.5 Å². The predicted octanol–water partition coefficient (Wildman–Crippen LogP) is 4.81. The number of nitrogens with zero attached hydrogens (tertiary/aromatic N) is 7. The first-order valence-corrected chi connectivity index (χ1v) is 15.6. The molecule has 0 bridgehead atoms. The first-order valence-electron chi connectivity index (χ1n) is 15.2. The quantitative estimate of drug-likeness (QED) is 0.199. The highest BCUT2D eigenvalue weighted by Gasteiger charge is 2.37.